The normalized spacial score (nSPS) is 12.1. The second kappa shape index (κ2) is 11.6. The van der Waals surface area contributed by atoms with Crippen molar-refractivity contribution >= 4 is 22.8 Å². The Morgan fingerprint density at radius 1 is 0.550 bits per heavy atom. The van der Waals surface area contributed by atoms with Gasteiger partial charge in [0.1, 0.15) is 5.82 Å². The highest BCUT2D eigenvalue weighted by Crippen LogP contribution is 2.32. The first-order chi connectivity index (χ1) is 19.3. The average Bonchev–Trinajstić information content (AvgIpc) is 2.96. The molecule has 0 aliphatic heterocycles. The highest BCUT2D eigenvalue weighted by atomic mass is 19.1. The fraction of sp³-hybridized carbons (Fsp3) is 0.139. The van der Waals surface area contributed by atoms with E-state index in [2.05, 4.69) is 50.2 Å². The first kappa shape index (κ1) is 26.9. The molecular formula is C36H32FN3. The third-order valence-corrected chi connectivity index (χ3v) is 7.19. The second-order valence-electron chi connectivity index (χ2n) is 10.1. The van der Waals surface area contributed by atoms with Gasteiger partial charge in [-0.3, -0.25) is 9.98 Å². The molecule has 3 nitrogen and oxygen atoms in total. The minimum absolute atomic E-state index is 0.245. The fourth-order valence-electron chi connectivity index (χ4n) is 4.79. The van der Waals surface area contributed by atoms with Gasteiger partial charge in [-0.1, -0.05) is 72.3 Å². The molecule has 4 aromatic carbocycles. The number of hydrogen-bond acceptors (Lipinski definition) is 3. The van der Waals surface area contributed by atoms with E-state index in [1.54, 1.807) is 12.1 Å². The molecule has 40 heavy (non-hydrogen) atoms. The summed E-state index contributed by atoms with van der Waals surface area (Å²) < 4.78 is 13.4. The average molecular weight is 526 g/mol. The smallest absolute Gasteiger partial charge is 0.123 e. The van der Waals surface area contributed by atoms with Crippen LogP contribution in [0.5, 0.6) is 0 Å². The summed E-state index contributed by atoms with van der Waals surface area (Å²) in [6.45, 7) is 10.2. The van der Waals surface area contributed by atoms with E-state index in [9.17, 15) is 4.39 Å². The molecule has 0 aliphatic rings. The lowest BCUT2D eigenvalue weighted by atomic mass is 9.98. The summed E-state index contributed by atoms with van der Waals surface area (Å²) in [7, 11) is 0. The molecule has 0 radical (unpaired) electrons. The van der Waals surface area contributed by atoms with Gasteiger partial charge in [-0.25, -0.2) is 9.37 Å². The van der Waals surface area contributed by atoms with Crippen LogP contribution in [0.1, 0.15) is 41.9 Å². The quantitative estimate of drug-likeness (QED) is 0.203. The molecule has 0 saturated heterocycles. The van der Waals surface area contributed by atoms with Crippen molar-refractivity contribution in [2.24, 2.45) is 9.98 Å². The van der Waals surface area contributed by atoms with E-state index in [4.69, 9.17) is 15.0 Å². The van der Waals surface area contributed by atoms with Gasteiger partial charge in [-0.15, -0.1) is 0 Å². The highest BCUT2D eigenvalue weighted by Gasteiger charge is 2.10. The summed E-state index contributed by atoms with van der Waals surface area (Å²) in [6, 6.07) is 33.3. The molecule has 198 valence electrons. The Labute approximate surface area is 235 Å². The highest BCUT2D eigenvalue weighted by molar-refractivity contribution is 6.02. The molecule has 0 aliphatic carbocycles. The molecule has 0 saturated carbocycles. The zero-order chi connectivity index (χ0) is 28.2. The van der Waals surface area contributed by atoms with Crippen LogP contribution in [0.25, 0.3) is 22.3 Å². The lowest BCUT2D eigenvalue weighted by Gasteiger charge is -2.11. The van der Waals surface area contributed by atoms with Crippen LogP contribution < -0.4 is 0 Å². The van der Waals surface area contributed by atoms with Gasteiger partial charge in [0.25, 0.3) is 0 Å². The maximum Gasteiger partial charge on any atom is 0.123 e. The lowest BCUT2D eigenvalue weighted by Crippen LogP contribution is -2.05. The van der Waals surface area contributed by atoms with Gasteiger partial charge in [0.15, 0.2) is 0 Å². The first-order valence-corrected chi connectivity index (χ1v) is 13.4. The summed E-state index contributed by atoms with van der Waals surface area (Å²) in [5.74, 6) is -0.245. The number of benzene rings is 4. The Kier molecular flexibility index (Phi) is 7.79. The Morgan fingerprint density at radius 2 is 0.975 bits per heavy atom. The molecule has 0 atom stereocenters. The molecule has 1 heterocycles. The summed E-state index contributed by atoms with van der Waals surface area (Å²) >= 11 is 0. The van der Waals surface area contributed by atoms with Crippen molar-refractivity contribution in [1.82, 2.24) is 4.98 Å². The largest absolute Gasteiger partial charge is 0.251 e. The fourth-order valence-corrected chi connectivity index (χ4v) is 4.79. The first-order valence-electron chi connectivity index (χ1n) is 13.4. The minimum Gasteiger partial charge on any atom is -0.251 e. The van der Waals surface area contributed by atoms with Gasteiger partial charge in [-0.05, 0) is 104 Å². The predicted octanol–water partition coefficient (Wildman–Crippen LogP) is 9.76. The van der Waals surface area contributed by atoms with Gasteiger partial charge in [0.2, 0.25) is 0 Å². The van der Waals surface area contributed by atoms with Crippen LogP contribution in [0.3, 0.4) is 0 Å². The molecule has 0 amide bonds. The number of nitrogens with zero attached hydrogens (tertiary/aromatic N) is 3. The number of hydrogen-bond donors (Lipinski definition) is 0. The maximum absolute atomic E-state index is 13.4. The van der Waals surface area contributed by atoms with Gasteiger partial charge in [-0.2, -0.15) is 0 Å². The summed E-state index contributed by atoms with van der Waals surface area (Å²) in [4.78, 5) is 14.8. The van der Waals surface area contributed by atoms with Crippen LogP contribution >= 0.6 is 0 Å². The zero-order valence-electron chi connectivity index (χ0n) is 23.5. The number of aliphatic imine (C=N–C) groups is 2. The Hall–Kier alpha value is -4.70. The van der Waals surface area contributed by atoms with Gasteiger partial charge in [0, 0.05) is 0 Å². The molecular weight excluding hydrogens is 493 g/mol. The second-order valence-corrected chi connectivity index (χ2v) is 10.1. The standard InChI is InChI=1S/C36H32FN3/c1-23-15-17-28(18-16-23)31-9-6-11-33(24(31)2)38-26(4)35-13-8-14-36(40-35)27(5)39-34-12-7-10-32(25(34)3)29-19-21-30(37)22-20-29/h6-22H,1-5H3. The van der Waals surface area contributed by atoms with Crippen LogP contribution in [0.15, 0.2) is 113 Å². The Bertz CT molecular complexity index is 1600. The van der Waals surface area contributed by atoms with Crippen LogP contribution in [0, 0.1) is 26.6 Å². The van der Waals surface area contributed by atoms with Crippen LogP contribution in [-0.4, -0.2) is 16.4 Å². The van der Waals surface area contributed by atoms with Crippen molar-refractivity contribution in [1.29, 1.82) is 0 Å². The van der Waals surface area contributed by atoms with Crippen molar-refractivity contribution in [2.45, 2.75) is 34.6 Å². The minimum atomic E-state index is -0.245. The van der Waals surface area contributed by atoms with Crippen LogP contribution in [0.4, 0.5) is 15.8 Å². The van der Waals surface area contributed by atoms with Crippen molar-refractivity contribution < 1.29 is 4.39 Å². The summed E-state index contributed by atoms with van der Waals surface area (Å²) in [5.41, 5.74) is 12.8. The number of pyridine rings is 1. The van der Waals surface area contributed by atoms with Gasteiger partial charge < -0.3 is 0 Å². The number of aryl methyl sites for hydroxylation is 1. The van der Waals surface area contributed by atoms with E-state index in [0.717, 1.165) is 56.4 Å². The third kappa shape index (κ3) is 5.81. The molecule has 5 rings (SSSR count). The molecule has 0 fully saturated rings. The number of aromatic nitrogens is 1. The molecule has 4 heteroatoms. The van der Waals surface area contributed by atoms with Crippen molar-refractivity contribution in [3.8, 4) is 22.3 Å². The van der Waals surface area contributed by atoms with E-state index in [0.29, 0.717) is 0 Å². The zero-order valence-corrected chi connectivity index (χ0v) is 23.5. The monoisotopic (exact) mass is 525 g/mol. The summed E-state index contributed by atoms with van der Waals surface area (Å²) in [5, 5.41) is 0. The van der Waals surface area contributed by atoms with E-state index in [1.165, 1.54) is 28.8 Å². The van der Waals surface area contributed by atoms with Crippen molar-refractivity contribution in [3.63, 3.8) is 0 Å². The predicted molar refractivity (Wildman–Crippen MR) is 166 cm³/mol. The molecule has 0 N–H and O–H groups in total. The van der Waals surface area contributed by atoms with Crippen LogP contribution in [0.2, 0.25) is 0 Å². The molecule has 5 aromatic rings. The van der Waals surface area contributed by atoms with E-state index >= 15 is 0 Å². The topological polar surface area (TPSA) is 37.6 Å². The molecule has 0 unspecified atom stereocenters. The molecule has 1 aromatic heterocycles. The van der Waals surface area contributed by atoms with E-state index < -0.39 is 0 Å². The number of rotatable bonds is 6. The SMILES string of the molecule is CC(=Nc1cccc(-c2ccc(C)cc2)c1C)c1cccc(C(C)=Nc2cccc(-c3ccc(F)cc3)c2C)n1. The maximum atomic E-state index is 13.4. The van der Waals surface area contributed by atoms with E-state index in [-0.39, 0.29) is 5.82 Å². The Balaban J connectivity index is 1.44. The van der Waals surface area contributed by atoms with Gasteiger partial charge >= 0.3 is 0 Å². The van der Waals surface area contributed by atoms with Gasteiger partial charge in [0.05, 0.1) is 34.2 Å². The lowest BCUT2D eigenvalue weighted by molar-refractivity contribution is 0.628. The number of halogens is 1. The summed E-state index contributed by atoms with van der Waals surface area (Å²) in [6.07, 6.45) is 0. The Morgan fingerprint density at radius 3 is 1.45 bits per heavy atom. The molecule has 0 bridgehead atoms. The van der Waals surface area contributed by atoms with Crippen molar-refractivity contribution in [3.05, 3.63) is 137 Å². The van der Waals surface area contributed by atoms with Crippen LogP contribution in [-0.2, 0) is 0 Å². The van der Waals surface area contributed by atoms with E-state index in [1.807, 2.05) is 63.2 Å². The molecule has 0 spiro atoms. The van der Waals surface area contributed by atoms with Crippen molar-refractivity contribution in [2.75, 3.05) is 0 Å². The third-order valence-electron chi connectivity index (χ3n) is 7.19.